The molecule has 4 heterocycles. The molecule has 0 N–H and O–H groups in total. The lowest BCUT2D eigenvalue weighted by Crippen LogP contribution is -2.10. The van der Waals surface area contributed by atoms with E-state index in [1.807, 2.05) is 6.92 Å². The molecule has 0 aliphatic heterocycles. The zero-order valence-corrected chi connectivity index (χ0v) is 17.0. The second-order valence-corrected chi connectivity index (χ2v) is 7.24. The number of pyridine rings is 1. The topological polar surface area (TPSA) is 100 Å². The van der Waals surface area contributed by atoms with Crippen molar-refractivity contribution in [2.45, 2.75) is 13.8 Å². The van der Waals surface area contributed by atoms with E-state index >= 15 is 0 Å². The number of esters is 1. The molecule has 1 aromatic carbocycles. The number of benzene rings is 1. The third kappa shape index (κ3) is 3.18. The number of aryl methyl sites for hydroxylation is 3. The Balaban J connectivity index is 1.61. The van der Waals surface area contributed by atoms with Gasteiger partial charge in [-0.1, -0.05) is 0 Å². The number of fused-ring (bicyclic) bond motifs is 2. The third-order valence-corrected chi connectivity index (χ3v) is 5.10. The average Bonchev–Trinajstić information content (AvgIpc) is 3.36. The summed E-state index contributed by atoms with van der Waals surface area (Å²) in [7, 11) is 1.76. The molecular formula is C23H17N3O5. The first-order chi connectivity index (χ1) is 14.9. The highest BCUT2D eigenvalue weighted by Crippen LogP contribution is 2.29. The lowest BCUT2D eigenvalue weighted by Gasteiger charge is -2.09. The highest BCUT2D eigenvalue weighted by atomic mass is 16.5. The standard InChI is InChI=1S/C23H17N3O5/c1-12-9-20(27)31-19-10-14(6-7-15(12)19)30-23(28)16-11-17(18-5-4-8-29-18)24-22-21(16)13(2)25-26(22)3/h4-11H,1-3H3. The maximum atomic E-state index is 13.2. The molecule has 5 rings (SSSR count). The van der Waals surface area contributed by atoms with Crippen LogP contribution in [-0.4, -0.2) is 20.7 Å². The van der Waals surface area contributed by atoms with E-state index in [0.717, 1.165) is 10.9 Å². The summed E-state index contributed by atoms with van der Waals surface area (Å²) in [5, 5.41) is 5.76. The van der Waals surface area contributed by atoms with Crippen molar-refractivity contribution in [3.05, 3.63) is 76.0 Å². The Morgan fingerprint density at radius 3 is 2.74 bits per heavy atom. The number of furan rings is 1. The fourth-order valence-corrected chi connectivity index (χ4v) is 3.69. The molecule has 5 aromatic rings. The van der Waals surface area contributed by atoms with Gasteiger partial charge in [0.1, 0.15) is 17.0 Å². The van der Waals surface area contributed by atoms with Gasteiger partial charge in [-0.2, -0.15) is 5.10 Å². The molecule has 0 unspecified atom stereocenters. The van der Waals surface area contributed by atoms with E-state index in [4.69, 9.17) is 13.6 Å². The summed E-state index contributed by atoms with van der Waals surface area (Å²) in [6.45, 7) is 3.63. The van der Waals surface area contributed by atoms with Crippen LogP contribution in [0.4, 0.5) is 0 Å². The molecule has 0 atom stereocenters. The van der Waals surface area contributed by atoms with Gasteiger partial charge in [0.05, 0.1) is 22.9 Å². The molecule has 0 fully saturated rings. The molecule has 0 radical (unpaired) electrons. The number of rotatable bonds is 3. The molecule has 0 bridgehead atoms. The van der Waals surface area contributed by atoms with Crippen molar-refractivity contribution in [2.24, 2.45) is 7.05 Å². The van der Waals surface area contributed by atoms with Crippen LogP contribution in [0.1, 0.15) is 21.6 Å². The van der Waals surface area contributed by atoms with Gasteiger partial charge in [-0.05, 0) is 49.7 Å². The van der Waals surface area contributed by atoms with Crippen LogP contribution in [0.25, 0.3) is 33.5 Å². The first-order valence-corrected chi connectivity index (χ1v) is 9.55. The van der Waals surface area contributed by atoms with Gasteiger partial charge in [0.25, 0.3) is 0 Å². The van der Waals surface area contributed by atoms with Crippen molar-refractivity contribution in [3.63, 3.8) is 0 Å². The van der Waals surface area contributed by atoms with E-state index in [2.05, 4.69) is 10.1 Å². The van der Waals surface area contributed by atoms with Crippen LogP contribution in [-0.2, 0) is 7.05 Å². The first kappa shape index (κ1) is 18.8. The van der Waals surface area contributed by atoms with Crippen LogP contribution >= 0.6 is 0 Å². The molecular weight excluding hydrogens is 398 g/mol. The van der Waals surface area contributed by atoms with Gasteiger partial charge in [0.2, 0.25) is 0 Å². The molecule has 4 aromatic heterocycles. The monoisotopic (exact) mass is 415 g/mol. The molecule has 0 aliphatic rings. The third-order valence-electron chi connectivity index (χ3n) is 5.10. The number of hydrogen-bond donors (Lipinski definition) is 0. The Morgan fingerprint density at radius 2 is 1.97 bits per heavy atom. The molecule has 0 saturated heterocycles. The lowest BCUT2D eigenvalue weighted by molar-refractivity contribution is 0.0737. The minimum absolute atomic E-state index is 0.261. The quantitative estimate of drug-likeness (QED) is 0.248. The predicted octanol–water partition coefficient (Wildman–Crippen LogP) is 4.17. The normalized spacial score (nSPS) is 11.3. The molecule has 8 nitrogen and oxygen atoms in total. The summed E-state index contributed by atoms with van der Waals surface area (Å²) in [6.07, 6.45) is 1.54. The van der Waals surface area contributed by atoms with Crippen molar-refractivity contribution in [2.75, 3.05) is 0 Å². The van der Waals surface area contributed by atoms with Gasteiger partial charge in [-0.3, -0.25) is 4.68 Å². The average molecular weight is 415 g/mol. The maximum Gasteiger partial charge on any atom is 0.344 e. The fraction of sp³-hybridized carbons (Fsp3) is 0.130. The van der Waals surface area contributed by atoms with Crippen LogP contribution in [0.5, 0.6) is 5.75 Å². The molecule has 0 amide bonds. The second kappa shape index (κ2) is 6.94. The van der Waals surface area contributed by atoms with Crippen LogP contribution in [0.2, 0.25) is 0 Å². The van der Waals surface area contributed by atoms with Gasteiger partial charge in [0, 0.05) is 24.6 Å². The number of hydrogen-bond acceptors (Lipinski definition) is 7. The zero-order chi connectivity index (χ0) is 21.7. The summed E-state index contributed by atoms with van der Waals surface area (Å²) < 4.78 is 18.0. The van der Waals surface area contributed by atoms with E-state index in [1.54, 1.807) is 55.2 Å². The van der Waals surface area contributed by atoms with Gasteiger partial charge in [-0.25, -0.2) is 14.6 Å². The molecule has 0 saturated carbocycles. The highest BCUT2D eigenvalue weighted by molar-refractivity contribution is 6.05. The van der Waals surface area contributed by atoms with E-state index in [1.165, 1.54) is 12.1 Å². The Labute approximate surface area is 175 Å². The van der Waals surface area contributed by atoms with Crippen LogP contribution < -0.4 is 10.4 Å². The largest absolute Gasteiger partial charge is 0.463 e. The number of ether oxygens (including phenoxy) is 1. The number of carbonyl (C=O) groups is 1. The summed E-state index contributed by atoms with van der Waals surface area (Å²) >= 11 is 0. The van der Waals surface area contributed by atoms with Gasteiger partial charge < -0.3 is 13.6 Å². The fourth-order valence-electron chi connectivity index (χ4n) is 3.69. The maximum absolute atomic E-state index is 13.2. The Kier molecular flexibility index (Phi) is 4.21. The number of carbonyl (C=O) groups excluding carboxylic acids is 1. The van der Waals surface area contributed by atoms with Gasteiger partial charge in [-0.15, -0.1) is 0 Å². The summed E-state index contributed by atoms with van der Waals surface area (Å²) in [5.74, 6) is 0.209. The van der Waals surface area contributed by atoms with E-state index in [-0.39, 0.29) is 5.75 Å². The van der Waals surface area contributed by atoms with Gasteiger partial charge in [0.15, 0.2) is 11.4 Å². The second-order valence-electron chi connectivity index (χ2n) is 7.24. The minimum atomic E-state index is -0.578. The van der Waals surface area contributed by atoms with Crippen LogP contribution in [0.15, 0.2) is 62.4 Å². The van der Waals surface area contributed by atoms with Crippen LogP contribution in [0.3, 0.4) is 0 Å². The van der Waals surface area contributed by atoms with Crippen molar-refractivity contribution in [1.29, 1.82) is 0 Å². The van der Waals surface area contributed by atoms with E-state index in [0.29, 0.717) is 39.3 Å². The first-order valence-electron chi connectivity index (χ1n) is 9.55. The number of aromatic nitrogens is 3. The Morgan fingerprint density at radius 1 is 1.13 bits per heavy atom. The SMILES string of the molecule is Cc1cc(=O)oc2cc(OC(=O)c3cc(-c4ccco4)nc4c3c(C)nn4C)ccc12. The minimum Gasteiger partial charge on any atom is -0.463 e. The molecule has 8 heteroatoms. The van der Waals surface area contributed by atoms with Crippen LogP contribution in [0, 0.1) is 13.8 Å². The van der Waals surface area contributed by atoms with Crippen molar-refractivity contribution in [3.8, 4) is 17.2 Å². The summed E-state index contributed by atoms with van der Waals surface area (Å²) in [6, 6.07) is 11.5. The molecule has 154 valence electrons. The summed E-state index contributed by atoms with van der Waals surface area (Å²) in [4.78, 5) is 29.5. The van der Waals surface area contributed by atoms with E-state index in [9.17, 15) is 9.59 Å². The Hall–Kier alpha value is -4.20. The van der Waals surface area contributed by atoms with E-state index < -0.39 is 11.6 Å². The Bertz CT molecular complexity index is 1530. The lowest BCUT2D eigenvalue weighted by atomic mass is 10.1. The smallest absolute Gasteiger partial charge is 0.344 e. The number of nitrogens with zero attached hydrogens (tertiary/aromatic N) is 3. The predicted molar refractivity (Wildman–Crippen MR) is 113 cm³/mol. The highest BCUT2D eigenvalue weighted by Gasteiger charge is 2.22. The van der Waals surface area contributed by atoms with Crippen molar-refractivity contribution in [1.82, 2.24) is 14.8 Å². The zero-order valence-electron chi connectivity index (χ0n) is 17.0. The van der Waals surface area contributed by atoms with Crippen molar-refractivity contribution >= 4 is 28.0 Å². The molecule has 0 spiro atoms. The molecule has 31 heavy (non-hydrogen) atoms. The summed E-state index contributed by atoms with van der Waals surface area (Å²) in [5.41, 5.74) is 2.68. The molecule has 0 aliphatic carbocycles. The van der Waals surface area contributed by atoms with Gasteiger partial charge >= 0.3 is 11.6 Å². The van der Waals surface area contributed by atoms with Crippen molar-refractivity contribution < 1.29 is 18.4 Å².